The predicted molar refractivity (Wildman–Crippen MR) is 101 cm³/mol. The average Bonchev–Trinajstić information content (AvgIpc) is 2.64. The highest BCUT2D eigenvalue weighted by molar-refractivity contribution is 5.90. The van der Waals surface area contributed by atoms with Crippen LogP contribution in [0, 0.1) is 6.92 Å². The van der Waals surface area contributed by atoms with E-state index in [-0.39, 0.29) is 11.9 Å². The van der Waals surface area contributed by atoms with E-state index in [2.05, 4.69) is 0 Å². The van der Waals surface area contributed by atoms with Gasteiger partial charge in [-0.15, -0.1) is 0 Å². The highest BCUT2D eigenvalue weighted by Crippen LogP contribution is 2.09. The zero-order valence-electron chi connectivity index (χ0n) is 15.1. The van der Waals surface area contributed by atoms with E-state index in [4.69, 9.17) is 15.2 Å². The molecular formula is C21H25NO4. The number of ether oxygens (including phenoxy) is 2. The van der Waals surface area contributed by atoms with Gasteiger partial charge in [0.05, 0.1) is 24.3 Å². The molecule has 2 aromatic carbocycles. The van der Waals surface area contributed by atoms with Crippen molar-refractivity contribution in [2.45, 2.75) is 32.6 Å². The lowest BCUT2D eigenvalue weighted by Crippen LogP contribution is -2.07. The number of hydrogen-bond acceptors (Lipinski definition) is 5. The molecule has 0 amide bonds. The molecule has 0 radical (unpaired) electrons. The smallest absolute Gasteiger partial charge is 0.338 e. The van der Waals surface area contributed by atoms with Crippen molar-refractivity contribution in [3.63, 3.8) is 0 Å². The largest absolute Gasteiger partial charge is 0.462 e. The summed E-state index contributed by atoms with van der Waals surface area (Å²) in [5, 5.41) is 0. The number of carbonyl (C=O) groups is 2. The molecule has 0 bridgehead atoms. The second kappa shape index (κ2) is 10.2. The standard InChI is InChI=1S/C21H25NO4/c1-16-6-8-17(9-7-16)20(23)25-14-4-2-3-5-15-26-21(24)18-10-12-19(22)13-11-18/h6-13H,2-5,14-15,22H2,1H3. The Hall–Kier alpha value is -2.82. The van der Waals surface area contributed by atoms with Gasteiger partial charge >= 0.3 is 11.9 Å². The third kappa shape index (κ3) is 6.59. The number of unbranched alkanes of at least 4 members (excludes halogenated alkanes) is 3. The molecule has 26 heavy (non-hydrogen) atoms. The van der Waals surface area contributed by atoms with Gasteiger partial charge < -0.3 is 15.2 Å². The third-order valence-electron chi connectivity index (χ3n) is 3.94. The summed E-state index contributed by atoms with van der Waals surface area (Å²) in [4.78, 5) is 23.6. The fourth-order valence-corrected chi connectivity index (χ4v) is 2.36. The van der Waals surface area contributed by atoms with Crippen LogP contribution in [0.15, 0.2) is 48.5 Å². The van der Waals surface area contributed by atoms with E-state index in [1.54, 1.807) is 36.4 Å². The molecule has 0 atom stereocenters. The van der Waals surface area contributed by atoms with Crippen molar-refractivity contribution in [3.8, 4) is 0 Å². The summed E-state index contributed by atoms with van der Waals surface area (Å²) in [7, 11) is 0. The van der Waals surface area contributed by atoms with Crippen LogP contribution in [0.3, 0.4) is 0 Å². The molecule has 0 unspecified atom stereocenters. The van der Waals surface area contributed by atoms with Crippen LogP contribution in [-0.4, -0.2) is 25.2 Å². The van der Waals surface area contributed by atoms with Crippen molar-refractivity contribution in [1.29, 1.82) is 0 Å². The Morgan fingerprint density at radius 3 is 1.62 bits per heavy atom. The summed E-state index contributed by atoms with van der Waals surface area (Å²) in [6.07, 6.45) is 3.41. The number of aryl methyl sites for hydroxylation is 1. The Balaban J connectivity index is 1.51. The highest BCUT2D eigenvalue weighted by atomic mass is 16.5. The number of hydrogen-bond donors (Lipinski definition) is 1. The van der Waals surface area contributed by atoms with E-state index < -0.39 is 0 Å². The van der Waals surface area contributed by atoms with Gasteiger partial charge in [0.25, 0.3) is 0 Å². The number of benzene rings is 2. The van der Waals surface area contributed by atoms with Crippen LogP contribution in [-0.2, 0) is 9.47 Å². The minimum absolute atomic E-state index is 0.289. The summed E-state index contributed by atoms with van der Waals surface area (Å²) in [5.74, 6) is -0.626. The Labute approximate surface area is 154 Å². The van der Waals surface area contributed by atoms with Crippen LogP contribution in [0.2, 0.25) is 0 Å². The molecule has 0 saturated heterocycles. The first-order valence-corrected chi connectivity index (χ1v) is 8.83. The number of anilines is 1. The van der Waals surface area contributed by atoms with Crippen molar-refractivity contribution in [2.75, 3.05) is 18.9 Å². The van der Waals surface area contributed by atoms with Crippen molar-refractivity contribution >= 4 is 17.6 Å². The molecule has 5 nitrogen and oxygen atoms in total. The van der Waals surface area contributed by atoms with Gasteiger partial charge in [-0.1, -0.05) is 17.7 Å². The lowest BCUT2D eigenvalue weighted by Gasteiger charge is -2.06. The fourth-order valence-electron chi connectivity index (χ4n) is 2.36. The Morgan fingerprint density at radius 2 is 1.15 bits per heavy atom. The molecule has 0 aromatic heterocycles. The van der Waals surface area contributed by atoms with Crippen LogP contribution in [0.25, 0.3) is 0 Å². The van der Waals surface area contributed by atoms with Gasteiger partial charge in [-0.2, -0.15) is 0 Å². The zero-order chi connectivity index (χ0) is 18.8. The first kappa shape index (κ1) is 19.5. The Bertz CT molecular complexity index is 644. The van der Waals surface area contributed by atoms with E-state index in [0.29, 0.717) is 30.0 Å². The summed E-state index contributed by atoms with van der Waals surface area (Å²) in [6, 6.07) is 14.0. The maximum Gasteiger partial charge on any atom is 0.338 e. The molecule has 2 N–H and O–H groups in total. The van der Waals surface area contributed by atoms with Gasteiger partial charge in [0, 0.05) is 5.69 Å². The molecular weight excluding hydrogens is 330 g/mol. The van der Waals surface area contributed by atoms with Crippen LogP contribution in [0.5, 0.6) is 0 Å². The summed E-state index contributed by atoms with van der Waals surface area (Å²) < 4.78 is 10.5. The van der Waals surface area contributed by atoms with Gasteiger partial charge in [-0.25, -0.2) is 9.59 Å². The Kier molecular flexibility index (Phi) is 7.68. The van der Waals surface area contributed by atoms with E-state index in [0.717, 1.165) is 31.2 Å². The molecule has 0 saturated carbocycles. The van der Waals surface area contributed by atoms with Crippen LogP contribution in [0.1, 0.15) is 52.0 Å². The predicted octanol–water partition coefficient (Wildman–Crippen LogP) is 4.15. The van der Waals surface area contributed by atoms with Gasteiger partial charge in [0.1, 0.15) is 0 Å². The number of nitrogens with two attached hydrogens (primary N) is 1. The molecule has 138 valence electrons. The van der Waals surface area contributed by atoms with Crippen molar-refractivity contribution in [1.82, 2.24) is 0 Å². The number of rotatable bonds is 9. The summed E-state index contributed by atoms with van der Waals surface area (Å²) in [6.45, 7) is 2.76. The van der Waals surface area contributed by atoms with Gasteiger partial charge in [-0.05, 0) is 69.0 Å². The zero-order valence-corrected chi connectivity index (χ0v) is 15.1. The number of carbonyl (C=O) groups excluding carboxylic acids is 2. The lowest BCUT2D eigenvalue weighted by molar-refractivity contribution is 0.0473. The maximum atomic E-state index is 11.8. The van der Waals surface area contributed by atoms with Gasteiger partial charge in [0.15, 0.2) is 0 Å². The normalized spacial score (nSPS) is 10.3. The first-order valence-electron chi connectivity index (χ1n) is 8.83. The second-order valence-electron chi connectivity index (χ2n) is 6.17. The molecule has 2 aromatic rings. The molecule has 5 heteroatoms. The first-order chi connectivity index (χ1) is 12.6. The molecule has 0 spiro atoms. The minimum Gasteiger partial charge on any atom is -0.462 e. The van der Waals surface area contributed by atoms with Crippen molar-refractivity contribution < 1.29 is 19.1 Å². The minimum atomic E-state index is -0.336. The van der Waals surface area contributed by atoms with Crippen LogP contribution in [0.4, 0.5) is 5.69 Å². The fraction of sp³-hybridized carbons (Fsp3) is 0.333. The van der Waals surface area contributed by atoms with E-state index in [1.807, 2.05) is 19.1 Å². The lowest BCUT2D eigenvalue weighted by atomic mass is 10.1. The van der Waals surface area contributed by atoms with E-state index in [9.17, 15) is 9.59 Å². The molecule has 0 heterocycles. The van der Waals surface area contributed by atoms with Gasteiger partial charge in [-0.3, -0.25) is 0 Å². The Morgan fingerprint density at radius 1 is 0.731 bits per heavy atom. The van der Waals surface area contributed by atoms with E-state index in [1.165, 1.54) is 0 Å². The molecule has 0 fully saturated rings. The monoisotopic (exact) mass is 355 g/mol. The topological polar surface area (TPSA) is 78.6 Å². The van der Waals surface area contributed by atoms with Crippen LogP contribution >= 0.6 is 0 Å². The average molecular weight is 355 g/mol. The van der Waals surface area contributed by atoms with Gasteiger partial charge in [0.2, 0.25) is 0 Å². The second-order valence-corrected chi connectivity index (χ2v) is 6.17. The third-order valence-corrected chi connectivity index (χ3v) is 3.94. The van der Waals surface area contributed by atoms with Crippen LogP contribution < -0.4 is 5.73 Å². The summed E-state index contributed by atoms with van der Waals surface area (Å²) >= 11 is 0. The molecule has 0 aliphatic rings. The van der Waals surface area contributed by atoms with Crippen molar-refractivity contribution in [3.05, 3.63) is 65.2 Å². The summed E-state index contributed by atoms with van der Waals surface area (Å²) in [5.41, 5.74) is 8.38. The number of esters is 2. The highest BCUT2D eigenvalue weighted by Gasteiger charge is 2.07. The molecule has 0 aliphatic heterocycles. The molecule has 0 aliphatic carbocycles. The van der Waals surface area contributed by atoms with Crippen molar-refractivity contribution in [2.24, 2.45) is 0 Å². The van der Waals surface area contributed by atoms with E-state index >= 15 is 0 Å². The SMILES string of the molecule is Cc1ccc(C(=O)OCCCCCCOC(=O)c2ccc(N)cc2)cc1. The quantitative estimate of drug-likeness (QED) is 0.415. The maximum absolute atomic E-state index is 11.8. The molecule has 2 rings (SSSR count). The number of nitrogen functional groups attached to an aromatic ring is 1.